The van der Waals surface area contributed by atoms with E-state index in [-0.39, 0.29) is 9.77 Å². The summed E-state index contributed by atoms with van der Waals surface area (Å²) in [6.45, 7) is 0.924. The Kier molecular flexibility index (Phi) is 5.72. The zero-order valence-corrected chi connectivity index (χ0v) is 19.3. The first-order chi connectivity index (χ1) is 15.5. The summed E-state index contributed by atoms with van der Waals surface area (Å²) in [5.41, 5.74) is 2.23. The molecule has 1 fully saturated rings. The van der Waals surface area contributed by atoms with Crippen LogP contribution in [0.25, 0.3) is 17.0 Å². The molecule has 0 spiro atoms. The molecule has 1 aliphatic rings. The Balaban J connectivity index is 1.34. The number of carbonyl (C=O) groups excluding carboxylic acids is 1. The molecular weight excluding hydrogens is 466 g/mol. The zero-order chi connectivity index (χ0) is 22.1. The molecule has 1 aliphatic heterocycles. The van der Waals surface area contributed by atoms with E-state index < -0.39 is 15.9 Å². The first-order valence-electron chi connectivity index (χ1n) is 9.89. The van der Waals surface area contributed by atoms with Gasteiger partial charge in [-0.3, -0.25) is 9.20 Å². The number of fused-ring (bicyclic) bond motifs is 1. The number of rotatable bonds is 5. The number of sulfonamides is 1. The van der Waals surface area contributed by atoms with E-state index in [4.69, 9.17) is 0 Å². The van der Waals surface area contributed by atoms with Gasteiger partial charge in [0.05, 0.1) is 5.69 Å². The van der Waals surface area contributed by atoms with E-state index >= 15 is 0 Å². The Labute approximate surface area is 193 Å². The highest BCUT2D eigenvalue weighted by molar-refractivity contribution is 7.99. The van der Waals surface area contributed by atoms with Crippen molar-refractivity contribution in [2.24, 2.45) is 0 Å². The number of thiophene rings is 1. The van der Waals surface area contributed by atoms with Crippen LogP contribution in [-0.2, 0) is 10.0 Å². The van der Waals surface area contributed by atoms with Gasteiger partial charge in [-0.15, -0.1) is 11.3 Å². The molecule has 1 N–H and O–H groups in total. The zero-order valence-electron chi connectivity index (χ0n) is 16.8. The van der Waals surface area contributed by atoms with E-state index in [1.807, 2.05) is 35.0 Å². The first kappa shape index (κ1) is 21.1. The smallest absolute Gasteiger partial charge is 0.267 e. The summed E-state index contributed by atoms with van der Waals surface area (Å²) < 4.78 is 29.4. The largest absolute Gasteiger partial charge is 0.321 e. The van der Waals surface area contributed by atoms with Crippen molar-refractivity contribution in [1.29, 1.82) is 0 Å². The summed E-state index contributed by atoms with van der Waals surface area (Å²) in [6, 6.07) is 10.6. The van der Waals surface area contributed by atoms with E-state index in [2.05, 4.69) is 15.3 Å². The summed E-state index contributed by atoms with van der Waals surface area (Å²) in [4.78, 5) is 21.9. The summed E-state index contributed by atoms with van der Waals surface area (Å²) in [5.74, 6) is 1.70. The molecular formula is C21H19N5O3S3. The number of imidazole rings is 1. The minimum Gasteiger partial charge on any atom is -0.321 e. The van der Waals surface area contributed by atoms with Crippen molar-refractivity contribution in [2.45, 2.75) is 4.90 Å². The number of hydrogen-bond donors (Lipinski definition) is 1. The van der Waals surface area contributed by atoms with Crippen molar-refractivity contribution in [1.82, 2.24) is 18.7 Å². The van der Waals surface area contributed by atoms with Gasteiger partial charge in [-0.1, -0.05) is 12.1 Å². The number of carbonyl (C=O) groups is 1. The molecule has 0 aliphatic carbocycles. The first-order valence-corrected chi connectivity index (χ1v) is 13.4. The summed E-state index contributed by atoms with van der Waals surface area (Å²) in [6.07, 6.45) is 5.45. The molecule has 1 saturated heterocycles. The van der Waals surface area contributed by atoms with E-state index in [1.165, 1.54) is 10.4 Å². The van der Waals surface area contributed by atoms with Crippen molar-refractivity contribution in [3.05, 3.63) is 65.2 Å². The molecule has 1 amide bonds. The molecule has 11 heteroatoms. The standard InChI is InChI=1S/C21H19N5O3S3/c27-20(19-18(6-11-31-19)32(28,29)26-9-12-30-13-10-26)23-16-4-2-15(3-5-16)17-14-25-8-1-7-22-21(25)24-17/h1-8,11,14H,9-10,12-13H2,(H,23,27). The predicted octanol–water partition coefficient (Wildman–Crippen LogP) is 3.45. The summed E-state index contributed by atoms with van der Waals surface area (Å²) in [7, 11) is -3.69. The number of amides is 1. The Morgan fingerprint density at radius 1 is 1.09 bits per heavy atom. The number of aromatic nitrogens is 3. The van der Waals surface area contributed by atoms with Gasteiger partial charge in [0.2, 0.25) is 15.8 Å². The maximum atomic E-state index is 13.0. The average Bonchev–Trinajstić information content (AvgIpc) is 3.48. The van der Waals surface area contributed by atoms with E-state index in [1.54, 1.807) is 35.5 Å². The molecule has 0 radical (unpaired) electrons. The van der Waals surface area contributed by atoms with Crippen LogP contribution in [-0.4, -0.2) is 57.6 Å². The molecule has 0 bridgehead atoms. The molecule has 164 valence electrons. The number of hydrogen-bond acceptors (Lipinski definition) is 7. The molecule has 8 nitrogen and oxygen atoms in total. The second-order valence-corrected chi connectivity index (χ2v) is 11.2. The summed E-state index contributed by atoms with van der Waals surface area (Å²) in [5, 5.41) is 4.45. The van der Waals surface area contributed by atoms with Gasteiger partial charge in [0.1, 0.15) is 9.77 Å². The second kappa shape index (κ2) is 8.66. The Hall–Kier alpha value is -2.73. The maximum Gasteiger partial charge on any atom is 0.267 e. The number of anilines is 1. The van der Waals surface area contributed by atoms with Crippen LogP contribution in [0.2, 0.25) is 0 Å². The van der Waals surface area contributed by atoms with Gasteiger partial charge >= 0.3 is 0 Å². The fourth-order valence-electron chi connectivity index (χ4n) is 3.47. The lowest BCUT2D eigenvalue weighted by molar-refractivity contribution is 0.102. The van der Waals surface area contributed by atoms with E-state index in [0.717, 1.165) is 34.1 Å². The van der Waals surface area contributed by atoms with Gasteiger partial charge in [0.25, 0.3) is 5.91 Å². The van der Waals surface area contributed by atoms with Gasteiger partial charge in [-0.2, -0.15) is 16.1 Å². The van der Waals surface area contributed by atoms with E-state index in [0.29, 0.717) is 24.6 Å². The van der Waals surface area contributed by atoms with Crippen molar-refractivity contribution >= 4 is 50.5 Å². The van der Waals surface area contributed by atoms with Gasteiger partial charge in [-0.25, -0.2) is 18.4 Å². The van der Waals surface area contributed by atoms with Crippen LogP contribution in [0, 0.1) is 0 Å². The monoisotopic (exact) mass is 485 g/mol. The van der Waals surface area contributed by atoms with Crippen molar-refractivity contribution in [2.75, 3.05) is 29.9 Å². The van der Waals surface area contributed by atoms with Gasteiger partial charge in [0.15, 0.2) is 0 Å². The topological polar surface area (TPSA) is 96.7 Å². The quantitative estimate of drug-likeness (QED) is 0.465. The fraction of sp³-hybridized carbons (Fsp3) is 0.190. The summed E-state index contributed by atoms with van der Waals surface area (Å²) >= 11 is 2.86. The highest BCUT2D eigenvalue weighted by Gasteiger charge is 2.31. The molecule has 0 atom stereocenters. The molecule has 5 rings (SSSR count). The number of nitrogens with zero attached hydrogens (tertiary/aromatic N) is 4. The average molecular weight is 486 g/mol. The lowest BCUT2D eigenvalue weighted by Gasteiger charge is -2.25. The van der Waals surface area contributed by atoms with Crippen molar-refractivity contribution < 1.29 is 13.2 Å². The third kappa shape index (κ3) is 4.04. The minimum atomic E-state index is -3.69. The molecule has 4 aromatic rings. The third-order valence-corrected chi connectivity index (χ3v) is 9.02. The maximum absolute atomic E-state index is 13.0. The lowest BCUT2D eigenvalue weighted by Crippen LogP contribution is -2.38. The molecule has 4 heterocycles. The normalized spacial score (nSPS) is 15.1. The Morgan fingerprint density at radius 3 is 2.62 bits per heavy atom. The van der Waals surface area contributed by atoms with Crippen LogP contribution in [0.4, 0.5) is 5.69 Å². The molecule has 32 heavy (non-hydrogen) atoms. The van der Waals surface area contributed by atoms with Crippen LogP contribution in [0.15, 0.2) is 65.3 Å². The number of thioether (sulfide) groups is 1. The highest BCUT2D eigenvalue weighted by atomic mass is 32.2. The van der Waals surface area contributed by atoms with E-state index in [9.17, 15) is 13.2 Å². The Bertz CT molecular complexity index is 1340. The Morgan fingerprint density at radius 2 is 1.88 bits per heavy atom. The predicted molar refractivity (Wildman–Crippen MR) is 127 cm³/mol. The van der Waals surface area contributed by atoms with Crippen molar-refractivity contribution in [3.8, 4) is 11.3 Å². The SMILES string of the molecule is O=C(Nc1ccc(-c2cn3cccnc3n2)cc1)c1sccc1S(=O)(=O)N1CCSCC1. The van der Waals surface area contributed by atoms with Crippen LogP contribution < -0.4 is 5.32 Å². The molecule has 0 saturated carbocycles. The van der Waals surface area contributed by atoms with Crippen LogP contribution >= 0.6 is 23.1 Å². The lowest BCUT2D eigenvalue weighted by atomic mass is 10.1. The number of nitrogens with one attached hydrogen (secondary N) is 1. The fourth-order valence-corrected chi connectivity index (χ4v) is 7.35. The minimum absolute atomic E-state index is 0.0701. The second-order valence-electron chi connectivity index (χ2n) is 7.12. The number of benzene rings is 1. The molecule has 3 aromatic heterocycles. The van der Waals surface area contributed by atoms with Gasteiger partial charge in [-0.05, 0) is 29.6 Å². The third-order valence-electron chi connectivity index (χ3n) is 5.10. The molecule has 0 unspecified atom stereocenters. The van der Waals surface area contributed by atoms with Crippen molar-refractivity contribution in [3.63, 3.8) is 0 Å². The van der Waals surface area contributed by atoms with Crippen LogP contribution in [0.5, 0.6) is 0 Å². The van der Waals surface area contributed by atoms with Gasteiger partial charge in [0, 0.05) is 54.4 Å². The van der Waals surface area contributed by atoms with Gasteiger partial charge < -0.3 is 5.32 Å². The molecule has 1 aromatic carbocycles. The highest BCUT2D eigenvalue weighted by Crippen LogP contribution is 2.28. The van der Waals surface area contributed by atoms with Crippen LogP contribution in [0.1, 0.15) is 9.67 Å². The van der Waals surface area contributed by atoms with Crippen LogP contribution in [0.3, 0.4) is 0 Å².